The summed E-state index contributed by atoms with van der Waals surface area (Å²) in [5, 5.41) is 7.14. The SMILES string of the molecule is CCCc1nc([C@@H]2CN(C(=O)COc3ccccc3)CCO2)n[nH]1. The largest absolute Gasteiger partial charge is 0.484 e. The maximum Gasteiger partial charge on any atom is 0.260 e. The summed E-state index contributed by atoms with van der Waals surface area (Å²) < 4.78 is 11.2. The van der Waals surface area contributed by atoms with E-state index in [-0.39, 0.29) is 18.6 Å². The fourth-order valence-electron chi connectivity index (χ4n) is 2.59. The van der Waals surface area contributed by atoms with Crippen molar-refractivity contribution in [3.63, 3.8) is 0 Å². The average Bonchev–Trinajstić information content (AvgIpc) is 3.10. The highest BCUT2D eigenvalue weighted by molar-refractivity contribution is 5.77. The molecule has 0 spiro atoms. The first-order chi connectivity index (χ1) is 11.8. The topological polar surface area (TPSA) is 80.3 Å². The quantitative estimate of drug-likeness (QED) is 0.872. The third-order valence-corrected chi connectivity index (χ3v) is 3.85. The smallest absolute Gasteiger partial charge is 0.260 e. The summed E-state index contributed by atoms with van der Waals surface area (Å²) in [7, 11) is 0. The molecule has 2 heterocycles. The van der Waals surface area contributed by atoms with Gasteiger partial charge >= 0.3 is 0 Å². The first kappa shape index (κ1) is 16.4. The lowest BCUT2D eigenvalue weighted by atomic mass is 10.2. The molecule has 128 valence electrons. The van der Waals surface area contributed by atoms with Gasteiger partial charge in [-0.15, -0.1) is 0 Å². The minimum absolute atomic E-state index is 0.0197. The van der Waals surface area contributed by atoms with Crippen LogP contribution >= 0.6 is 0 Å². The highest BCUT2D eigenvalue weighted by Crippen LogP contribution is 2.19. The lowest BCUT2D eigenvalue weighted by Crippen LogP contribution is -2.44. The predicted octanol–water partition coefficient (Wildman–Crippen LogP) is 1.74. The minimum atomic E-state index is -0.290. The molecule has 1 N–H and O–H groups in total. The van der Waals surface area contributed by atoms with Gasteiger partial charge < -0.3 is 14.4 Å². The molecule has 7 nitrogen and oxygen atoms in total. The van der Waals surface area contributed by atoms with E-state index in [1.807, 2.05) is 30.3 Å². The number of benzene rings is 1. The van der Waals surface area contributed by atoms with Crippen LogP contribution in [-0.4, -0.2) is 52.3 Å². The fraction of sp³-hybridized carbons (Fsp3) is 0.471. The molecule has 0 bridgehead atoms. The molecular formula is C17H22N4O3. The molecule has 0 radical (unpaired) electrons. The van der Waals surface area contributed by atoms with Crippen LogP contribution in [0.1, 0.15) is 31.1 Å². The van der Waals surface area contributed by atoms with E-state index in [4.69, 9.17) is 9.47 Å². The third-order valence-electron chi connectivity index (χ3n) is 3.85. The van der Waals surface area contributed by atoms with E-state index < -0.39 is 0 Å². The van der Waals surface area contributed by atoms with E-state index in [0.29, 0.717) is 31.3 Å². The van der Waals surface area contributed by atoms with Gasteiger partial charge in [0.2, 0.25) is 0 Å². The first-order valence-electron chi connectivity index (χ1n) is 8.24. The Balaban J connectivity index is 1.55. The number of aryl methyl sites for hydroxylation is 1. The first-order valence-corrected chi connectivity index (χ1v) is 8.24. The van der Waals surface area contributed by atoms with Crippen molar-refractivity contribution in [1.82, 2.24) is 20.1 Å². The van der Waals surface area contributed by atoms with Gasteiger partial charge in [-0.25, -0.2) is 4.98 Å². The van der Waals surface area contributed by atoms with E-state index in [1.165, 1.54) is 0 Å². The van der Waals surface area contributed by atoms with Crippen LogP contribution in [0.3, 0.4) is 0 Å². The summed E-state index contributed by atoms with van der Waals surface area (Å²) in [4.78, 5) is 18.5. The van der Waals surface area contributed by atoms with Crippen molar-refractivity contribution in [1.29, 1.82) is 0 Å². The Kier molecular flexibility index (Phi) is 5.43. The number of ether oxygens (including phenoxy) is 2. The molecule has 3 rings (SSSR count). The molecule has 1 aliphatic heterocycles. The Morgan fingerprint density at radius 2 is 2.25 bits per heavy atom. The molecule has 1 fully saturated rings. The zero-order valence-corrected chi connectivity index (χ0v) is 13.8. The molecule has 7 heteroatoms. The van der Waals surface area contributed by atoms with Crippen LogP contribution in [0.4, 0.5) is 0 Å². The van der Waals surface area contributed by atoms with E-state index >= 15 is 0 Å². The lowest BCUT2D eigenvalue weighted by Gasteiger charge is -2.31. The van der Waals surface area contributed by atoms with Crippen LogP contribution in [0.2, 0.25) is 0 Å². The molecule has 2 aromatic rings. The number of aromatic nitrogens is 3. The Labute approximate surface area is 141 Å². The van der Waals surface area contributed by atoms with Crippen molar-refractivity contribution in [3.05, 3.63) is 42.0 Å². The molecule has 1 atom stereocenters. The van der Waals surface area contributed by atoms with Gasteiger partial charge in [0.25, 0.3) is 5.91 Å². The number of nitrogens with zero attached hydrogens (tertiary/aromatic N) is 3. The molecule has 1 aliphatic rings. The molecule has 1 amide bonds. The van der Waals surface area contributed by atoms with Crippen LogP contribution in [0.25, 0.3) is 0 Å². The number of nitrogens with one attached hydrogen (secondary N) is 1. The van der Waals surface area contributed by atoms with Crippen molar-refractivity contribution < 1.29 is 14.3 Å². The normalized spacial score (nSPS) is 17.7. The second kappa shape index (κ2) is 7.92. The van der Waals surface area contributed by atoms with E-state index in [1.54, 1.807) is 4.90 Å². The van der Waals surface area contributed by atoms with Crippen LogP contribution in [0.5, 0.6) is 5.75 Å². The van der Waals surface area contributed by atoms with Gasteiger partial charge in [0, 0.05) is 13.0 Å². The van der Waals surface area contributed by atoms with Gasteiger partial charge in [0.05, 0.1) is 13.2 Å². The van der Waals surface area contributed by atoms with Crippen LogP contribution in [-0.2, 0) is 16.0 Å². The van der Waals surface area contributed by atoms with E-state index in [0.717, 1.165) is 18.7 Å². The number of morpholine rings is 1. The Morgan fingerprint density at radius 3 is 3.04 bits per heavy atom. The zero-order valence-electron chi connectivity index (χ0n) is 13.8. The molecule has 1 aromatic heterocycles. The molecule has 0 saturated carbocycles. The highest BCUT2D eigenvalue weighted by atomic mass is 16.5. The number of rotatable bonds is 6. The number of carbonyl (C=O) groups is 1. The van der Waals surface area contributed by atoms with Crippen molar-refractivity contribution in [2.75, 3.05) is 26.3 Å². The molecular weight excluding hydrogens is 308 g/mol. The van der Waals surface area contributed by atoms with Crippen molar-refractivity contribution in [2.45, 2.75) is 25.9 Å². The zero-order chi connectivity index (χ0) is 16.8. The number of hydrogen-bond acceptors (Lipinski definition) is 5. The maximum absolute atomic E-state index is 12.4. The van der Waals surface area contributed by atoms with Crippen LogP contribution < -0.4 is 4.74 Å². The second-order valence-electron chi connectivity index (χ2n) is 5.69. The number of H-pyrrole nitrogens is 1. The monoisotopic (exact) mass is 330 g/mol. The number of para-hydroxylation sites is 1. The van der Waals surface area contributed by atoms with Gasteiger partial charge in [-0.2, -0.15) is 5.10 Å². The van der Waals surface area contributed by atoms with Gasteiger partial charge in [0.15, 0.2) is 12.4 Å². The van der Waals surface area contributed by atoms with Crippen molar-refractivity contribution >= 4 is 5.91 Å². The molecule has 24 heavy (non-hydrogen) atoms. The van der Waals surface area contributed by atoms with Crippen LogP contribution in [0.15, 0.2) is 30.3 Å². The minimum Gasteiger partial charge on any atom is -0.484 e. The maximum atomic E-state index is 12.4. The van der Waals surface area contributed by atoms with Gasteiger partial charge in [-0.1, -0.05) is 25.1 Å². The Hall–Kier alpha value is -2.41. The van der Waals surface area contributed by atoms with Crippen molar-refractivity contribution in [2.24, 2.45) is 0 Å². The lowest BCUT2D eigenvalue weighted by molar-refractivity contribution is -0.141. The summed E-state index contributed by atoms with van der Waals surface area (Å²) in [6.07, 6.45) is 1.57. The van der Waals surface area contributed by atoms with E-state index in [9.17, 15) is 4.79 Å². The van der Waals surface area contributed by atoms with E-state index in [2.05, 4.69) is 22.1 Å². The highest BCUT2D eigenvalue weighted by Gasteiger charge is 2.28. The Morgan fingerprint density at radius 1 is 1.42 bits per heavy atom. The third kappa shape index (κ3) is 4.11. The molecule has 1 saturated heterocycles. The summed E-state index contributed by atoms with van der Waals surface area (Å²) in [5.41, 5.74) is 0. The summed E-state index contributed by atoms with van der Waals surface area (Å²) >= 11 is 0. The van der Waals surface area contributed by atoms with Gasteiger partial charge in [-0.05, 0) is 18.6 Å². The molecule has 0 aliphatic carbocycles. The number of carbonyl (C=O) groups excluding carboxylic acids is 1. The molecule has 0 unspecified atom stereocenters. The van der Waals surface area contributed by atoms with Gasteiger partial charge in [0.1, 0.15) is 17.7 Å². The Bertz CT molecular complexity index is 659. The molecule has 1 aromatic carbocycles. The van der Waals surface area contributed by atoms with Gasteiger partial charge in [-0.3, -0.25) is 9.89 Å². The predicted molar refractivity (Wildman–Crippen MR) is 87.6 cm³/mol. The van der Waals surface area contributed by atoms with Crippen molar-refractivity contribution in [3.8, 4) is 5.75 Å². The second-order valence-corrected chi connectivity index (χ2v) is 5.69. The summed E-state index contributed by atoms with van der Waals surface area (Å²) in [6, 6.07) is 9.32. The van der Waals surface area contributed by atoms with Crippen LogP contribution in [0, 0.1) is 0 Å². The summed E-state index contributed by atoms with van der Waals surface area (Å²) in [6.45, 7) is 3.58. The average molecular weight is 330 g/mol. The number of aromatic amines is 1. The standard InChI is InChI=1S/C17H22N4O3/c1-2-6-15-18-17(20-19-15)14-11-21(9-10-23-14)16(22)12-24-13-7-4-3-5-8-13/h3-5,7-8,14H,2,6,9-12H2,1H3,(H,18,19,20)/t14-/m0/s1. The summed E-state index contributed by atoms with van der Waals surface area (Å²) in [5.74, 6) is 2.09. The number of hydrogen-bond donors (Lipinski definition) is 1. The fourth-order valence-corrected chi connectivity index (χ4v) is 2.59. The number of amides is 1.